The van der Waals surface area contributed by atoms with Crippen molar-refractivity contribution in [3.05, 3.63) is 52.7 Å². The van der Waals surface area contributed by atoms with E-state index in [1.807, 2.05) is 0 Å². The van der Waals surface area contributed by atoms with Crippen LogP contribution in [0.1, 0.15) is 16.3 Å². The lowest BCUT2D eigenvalue weighted by Crippen LogP contribution is -2.28. The standard InChI is InChI=1S/C13H10ClFN2O4/c14-9-5-7(15)1-3-10(9)17-13(20)16-6-8-2-4-11(21-8)12(18)19/h1-5H,6H2,(H,18,19)(H2,16,17,20). The second kappa shape index (κ2) is 6.27. The average molecular weight is 313 g/mol. The number of nitrogens with one attached hydrogen (secondary N) is 2. The number of furan rings is 1. The maximum absolute atomic E-state index is 12.8. The number of urea groups is 1. The zero-order valence-corrected chi connectivity index (χ0v) is 11.3. The Morgan fingerprint density at radius 3 is 2.67 bits per heavy atom. The van der Waals surface area contributed by atoms with Crippen molar-refractivity contribution in [1.29, 1.82) is 0 Å². The zero-order valence-electron chi connectivity index (χ0n) is 10.5. The molecule has 0 unspecified atom stereocenters. The number of benzene rings is 1. The predicted molar refractivity (Wildman–Crippen MR) is 72.9 cm³/mol. The molecule has 2 aromatic rings. The van der Waals surface area contributed by atoms with Gasteiger partial charge in [0.05, 0.1) is 17.3 Å². The molecule has 3 N–H and O–H groups in total. The largest absolute Gasteiger partial charge is 0.475 e. The second-order valence-corrected chi connectivity index (χ2v) is 4.41. The number of carbonyl (C=O) groups excluding carboxylic acids is 1. The Morgan fingerprint density at radius 1 is 1.29 bits per heavy atom. The highest BCUT2D eigenvalue weighted by Gasteiger charge is 2.10. The zero-order chi connectivity index (χ0) is 15.4. The van der Waals surface area contributed by atoms with Crippen LogP contribution in [0.25, 0.3) is 0 Å². The number of rotatable bonds is 4. The number of hydrogen-bond donors (Lipinski definition) is 3. The van der Waals surface area contributed by atoms with Crippen LogP contribution in [-0.4, -0.2) is 17.1 Å². The van der Waals surface area contributed by atoms with Gasteiger partial charge < -0.3 is 20.2 Å². The quantitative estimate of drug-likeness (QED) is 0.809. The topological polar surface area (TPSA) is 91.6 Å². The van der Waals surface area contributed by atoms with Gasteiger partial charge in [-0.3, -0.25) is 0 Å². The summed E-state index contributed by atoms with van der Waals surface area (Å²) >= 11 is 5.76. The van der Waals surface area contributed by atoms with Crippen molar-refractivity contribution in [1.82, 2.24) is 5.32 Å². The van der Waals surface area contributed by atoms with E-state index in [1.165, 1.54) is 18.2 Å². The van der Waals surface area contributed by atoms with Gasteiger partial charge in [0, 0.05) is 0 Å². The van der Waals surface area contributed by atoms with Gasteiger partial charge in [0.15, 0.2) is 0 Å². The molecule has 2 amide bonds. The molecule has 1 heterocycles. The molecule has 6 nitrogen and oxygen atoms in total. The van der Waals surface area contributed by atoms with Gasteiger partial charge in [-0.25, -0.2) is 14.0 Å². The first-order valence-electron chi connectivity index (χ1n) is 5.77. The summed E-state index contributed by atoms with van der Waals surface area (Å²) in [7, 11) is 0. The number of amides is 2. The van der Waals surface area contributed by atoms with Crippen molar-refractivity contribution in [3.8, 4) is 0 Å². The van der Waals surface area contributed by atoms with Gasteiger partial charge in [0.2, 0.25) is 5.76 Å². The van der Waals surface area contributed by atoms with E-state index in [0.717, 1.165) is 12.1 Å². The molecular weight excluding hydrogens is 303 g/mol. The summed E-state index contributed by atoms with van der Waals surface area (Å²) in [5.74, 6) is -1.63. The van der Waals surface area contributed by atoms with Gasteiger partial charge in [0.25, 0.3) is 0 Å². The Balaban J connectivity index is 1.91. The van der Waals surface area contributed by atoms with Gasteiger partial charge in [-0.15, -0.1) is 0 Å². The second-order valence-electron chi connectivity index (χ2n) is 4.00. The SMILES string of the molecule is O=C(NCc1ccc(C(=O)O)o1)Nc1ccc(F)cc1Cl. The maximum atomic E-state index is 12.8. The van der Waals surface area contributed by atoms with Gasteiger partial charge >= 0.3 is 12.0 Å². The Kier molecular flexibility index (Phi) is 4.44. The summed E-state index contributed by atoms with van der Waals surface area (Å²) in [4.78, 5) is 22.3. The highest BCUT2D eigenvalue weighted by molar-refractivity contribution is 6.33. The van der Waals surface area contributed by atoms with Gasteiger partial charge in [-0.2, -0.15) is 0 Å². The molecule has 110 valence electrons. The van der Waals surface area contributed by atoms with E-state index in [0.29, 0.717) is 0 Å². The lowest BCUT2D eigenvalue weighted by Gasteiger charge is -2.08. The third kappa shape index (κ3) is 3.96. The van der Waals surface area contributed by atoms with E-state index in [-0.39, 0.29) is 28.8 Å². The highest BCUT2D eigenvalue weighted by Crippen LogP contribution is 2.22. The Hall–Kier alpha value is -2.54. The average Bonchev–Trinajstić information content (AvgIpc) is 2.89. The minimum Gasteiger partial charge on any atom is -0.475 e. The van der Waals surface area contributed by atoms with E-state index in [9.17, 15) is 14.0 Å². The maximum Gasteiger partial charge on any atom is 0.371 e. The van der Waals surface area contributed by atoms with Crippen molar-refractivity contribution in [3.63, 3.8) is 0 Å². The van der Waals surface area contributed by atoms with E-state index in [2.05, 4.69) is 10.6 Å². The minimum atomic E-state index is -1.19. The number of hydrogen-bond acceptors (Lipinski definition) is 3. The minimum absolute atomic E-state index is 0.00206. The smallest absolute Gasteiger partial charge is 0.371 e. The number of anilines is 1. The molecule has 1 aromatic carbocycles. The number of aromatic carboxylic acids is 1. The summed E-state index contributed by atoms with van der Waals surface area (Å²) < 4.78 is 17.8. The summed E-state index contributed by atoms with van der Waals surface area (Å²) in [6.45, 7) is -0.00206. The number of carboxylic acids is 1. The molecule has 0 aliphatic carbocycles. The molecule has 0 fully saturated rings. The van der Waals surface area contributed by atoms with Crippen LogP contribution in [0.15, 0.2) is 34.7 Å². The number of halogens is 2. The van der Waals surface area contributed by atoms with Crippen LogP contribution in [0.5, 0.6) is 0 Å². The van der Waals surface area contributed by atoms with Crippen LogP contribution in [0.3, 0.4) is 0 Å². The third-order valence-electron chi connectivity index (χ3n) is 2.47. The predicted octanol–water partition coefficient (Wildman–Crippen LogP) is 3.09. The highest BCUT2D eigenvalue weighted by atomic mass is 35.5. The molecule has 0 atom stereocenters. The summed E-state index contributed by atoms with van der Waals surface area (Å²) in [5.41, 5.74) is 0.251. The molecule has 2 rings (SSSR count). The lowest BCUT2D eigenvalue weighted by molar-refractivity contribution is 0.0660. The normalized spacial score (nSPS) is 10.2. The van der Waals surface area contributed by atoms with Crippen LogP contribution >= 0.6 is 11.6 Å². The first-order valence-corrected chi connectivity index (χ1v) is 6.15. The molecule has 0 bridgehead atoms. The first-order chi connectivity index (χ1) is 9.95. The van der Waals surface area contributed by atoms with Crippen molar-refractivity contribution < 1.29 is 23.5 Å². The van der Waals surface area contributed by atoms with E-state index in [4.69, 9.17) is 21.1 Å². The van der Waals surface area contributed by atoms with Crippen LogP contribution < -0.4 is 10.6 Å². The fourth-order valence-corrected chi connectivity index (χ4v) is 1.73. The van der Waals surface area contributed by atoms with Crippen LogP contribution in [0, 0.1) is 5.82 Å². The van der Waals surface area contributed by atoms with Crippen molar-refractivity contribution >= 4 is 29.3 Å². The molecule has 0 saturated heterocycles. The molecule has 0 saturated carbocycles. The Labute approximate surface area is 123 Å². The van der Waals surface area contributed by atoms with Gasteiger partial charge in [0.1, 0.15) is 11.6 Å². The van der Waals surface area contributed by atoms with Crippen molar-refractivity contribution in [2.75, 3.05) is 5.32 Å². The van der Waals surface area contributed by atoms with E-state index in [1.54, 1.807) is 0 Å². The monoisotopic (exact) mass is 312 g/mol. The summed E-state index contributed by atoms with van der Waals surface area (Å²) in [6.07, 6.45) is 0. The van der Waals surface area contributed by atoms with Crippen LogP contribution in [0.2, 0.25) is 5.02 Å². The van der Waals surface area contributed by atoms with Gasteiger partial charge in [-0.05, 0) is 30.3 Å². The lowest BCUT2D eigenvalue weighted by atomic mass is 10.3. The first kappa shape index (κ1) is 14.9. The molecule has 0 aliphatic heterocycles. The van der Waals surface area contributed by atoms with Crippen molar-refractivity contribution in [2.45, 2.75) is 6.54 Å². The molecule has 8 heteroatoms. The molecule has 0 spiro atoms. The van der Waals surface area contributed by atoms with E-state index >= 15 is 0 Å². The summed E-state index contributed by atoms with van der Waals surface area (Å²) in [5, 5.41) is 13.6. The number of carbonyl (C=O) groups is 2. The van der Waals surface area contributed by atoms with Gasteiger partial charge in [-0.1, -0.05) is 11.6 Å². The fourth-order valence-electron chi connectivity index (χ4n) is 1.51. The molecule has 0 radical (unpaired) electrons. The Bertz CT molecular complexity index is 687. The van der Waals surface area contributed by atoms with E-state index < -0.39 is 17.8 Å². The molecule has 21 heavy (non-hydrogen) atoms. The number of carboxylic acid groups (broad SMARTS) is 1. The molecular formula is C13H10ClFN2O4. The van der Waals surface area contributed by atoms with Crippen LogP contribution in [-0.2, 0) is 6.54 Å². The van der Waals surface area contributed by atoms with Crippen molar-refractivity contribution in [2.24, 2.45) is 0 Å². The molecule has 0 aliphatic rings. The Morgan fingerprint density at radius 2 is 2.05 bits per heavy atom. The van der Waals surface area contributed by atoms with Crippen LogP contribution in [0.4, 0.5) is 14.9 Å². The molecule has 1 aromatic heterocycles. The fraction of sp³-hybridized carbons (Fsp3) is 0.0769. The summed E-state index contributed by atoms with van der Waals surface area (Å²) in [6, 6.07) is 5.70. The third-order valence-corrected chi connectivity index (χ3v) is 2.79.